The van der Waals surface area contributed by atoms with Gasteiger partial charge in [0, 0.05) is 24.8 Å². The zero-order valence-electron chi connectivity index (χ0n) is 12.5. The highest BCUT2D eigenvalue weighted by Crippen LogP contribution is 2.28. The fourth-order valence-corrected chi connectivity index (χ4v) is 3.12. The van der Waals surface area contributed by atoms with Gasteiger partial charge in [0.25, 0.3) is 0 Å². The summed E-state index contributed by atoms with van der Waals surface area (Å²) in [6, 6.07) is 9.65. The van der Waals surface area contributed by atoms with Crippen molar-refractivity contribution in [2.45, 2.75) is 58.5 Å². The minimum Gasteiger partial charge on any atom is -0.368 e. The van der Waals surface area contributed by atoms with E-state index in [9.17, 15) is 0 Å². The minimum atomic E-state index is 0.727. The molecule has 2 nitrogen and oxygen atoms in total. The van der Waals surface area contributed by atoms with Crippen molar-refractivity contribution in [2.75, 3.05) is 18.0 Å². The van der Waals surface area contributed by atoms with Crippen LogP contribution < -0.4 is 10.2 Å². The topological polar surface area (TPSA) is 15.3 Å². The number of hydrogen-bond acceptors (Lipinski definition) is 2. The van der Waals surface area contributed by atoms with Gasteiger partial charge in [0.05, 0.1) is 0 Å². The molecule has 0 saturated carbocycles. The second kappa shape index (κ2) is 7.54. The molecular weight excluding hydrogens is 232 g/mol. The predicted molar refractivity (Wildman–Crippen MR) is 83.7 cm³/mol. The summed E-state index contributed by atoms with van der Waals surface area (Å²) < 4.78 is 0. The molecule has 1 atom stereocenters. The van der Waals surface area contributed by atoms with Crippen molar-refractivity contribution in [2.24, 2.45) is 0 Å². The average molecular weight is 260 g/mol. The molecule has 0 radical (unpaired) electrons. The molecule has 1 N–H and O–H groups in total. The maximum Gasteiger partial charge on any atom is 0.0414 e. The van der Waals surface area contributed by atoms with E-state index in [0.29, 0.717) is 0 Å². The lowest BCUT2D eigenvalue weighted by molar-refractivity contribution is 0.554. The van der Waals surface area contributed by atoms with Gasteiger partial charge in [-0.05, 0) is 37.4 Å². The van der Waals surface area contributed by atoms with Gasteiger partial charge >= 0.3 is 0 Å². The summed E-state index contributed by atoms with van der Waals surface area (Å²) in [6.45, 7) is 7.74. The van der Waals surface area contributed by atoms with Gasteiger partial charge in [-0.2, -0.15) is 0 Å². The van der Waals surface area contributed by atoms with Crippen molar-refractivity contribution < 1.29 is 0 Å². The number of hydrogen-bond donors (Lipinski definition) is 1. The number of nitrogens with zero attached hydrogens (tertiary/aromatic N) is 1. The van der Waals surface area contributed by atoms with E-state index >= 15 is 0 Å². The second-order valence-corrected chi connectivity index (χ2v) is 5.51. The van der Waals surface area contributed by atoms with E-state index in [1.165, 1.54) is 49.9 Å². The molecule has 0 bridgehead atoms. The van der Waals surface area contributed by atoms with Crippen LogP contribution >= 0.6 is 0 Å². The van der Waals surface area contributed by atoms with Gasteiger partial charge in [-0.25, -0.2) is 0 Å². The summed E-state index contributed by atoms with van der Waals surface area (Å²) in [5, 5.41) is 3.47. The summed E-state index contributed by atoms with van der Waals surface area (Å²) in [5.74, 6) is 0. The SMILES string of the molecule is CCNCc1ccccc1N1CCCCCC1CC. The van der Waals surface area contributed by atoms with Gasteiger partial charge in [-0.15, -0.1) is 0 Å². The van der Waals surface area contributed by atoms with E-state index in [4.69, 9.17) is 0 Å². The van der Waals surface area contributed by atoms with E-state index in [0.717, 1.165) is 19.1 Å². The Morgan fingerprint density at radius 3 is 2.79 bits per heavy atom. The van der Waals surface area contributed by atoms with Crippen LogP contribution in [-0.2, 0) is 6.54 Å². The van der Waals surface area contributed by atoms with Crippen LogP contribution in [0.25, 0.3) is 0 Å². The summed E-state index contributed by atoms with van der Waals surface area (Å²) in [7, 11) is 0. The molecule has 0 amide bonds. The highest BCUT2D eigenvalue weighted by Gasteiger charge is 2.21. The lowest BCUT2D eigenvalue weighted by atomic mass is 10.1. The molecule has 1 aliphatic heterocycles. The van der Waals surface area contributed by atoms with Gasteiger partial charge in [0.2, 0.25) is 0 Å². The van der Waals surface area contributed by atoms with E-state index in [1.807, 2.05) is 0 Å². The van der Waals surface area contributed by atoms with Crippen LogP contribution in [-0.4, -0.2) is 19.1 Å². The molecule has 1 heterocycles. The molecule has 2 rings (SSSR count). The Labute approximate surface area is 118 Å². The van der Waals surface area contributed by atoms with Crippen LogP contribution in [0.4, 0.5) is 5.69 Å². The van der Waals surface area contributed by atoms with Crippen LogP contribution in [0.5, 0.6) is 0 Å². The summed E-state index contributed by atoms with van der Waals surface area (Å²) in [5.41, 5.74) is 2.90. The number of rotatable bonds is 5. The zero-order chi connectivity index (χ0) is 13.5. The fourth-order valence-electron chi connectivity index (χ4n) is 3.12. The van der Waals surface area contributed by atoms with Gasteiger partial charge in [-0.3, -0.25) is 0 Å². The van der Waals surface area contributed by atoms with Crippen LogP contribution in [0.15, 0.2) is 24.3 Å². The molecular formula is C17H28N2. The normalized spacial score (nSPS) is 20.3. The summed E-state index contributed by atoms with van der Waals surface area (Å²) in [4.78, 5) is 2.67. The molecule has 1 saturated heterocycles. The van der Waals surface area contributed by atoms with Crippen LogP contribution in [0.2, 0.25) is 0 Å². The smallest absolute Gasteiger partial charge is 0.0414 e. The number of benzene rings is 1. The molecule has 0 aromatic heterocycles. The predicted octanol–water partition coefficient (Wildman–Crippen LogP) is 3.96. The molecule has 1 aliphatic rings. The first-order chi connectivity index (χ1) is 9.36. The van der Waals surface area contributed by atoms with Crippen molar-refractivity contribution in [3.8, 4) is 0 Å². The van der Waals surface area contributed by atoms with Crippen LogP contribution in [0.3, 0.4) is 0 Å². The molecule has 1 aromatic rings. The van der Waals surface area contributed by atoms with Crippen molar-refractivity contribution in [1.29, 1.82) is 0 Å². The average Bonchev–Trinajstić information content (AvgIpc) is 2.70. The first-order valence-corrected chi connectivity index (χ1v) is 7.92. The molecule has 106 valence electrons. The third-order valence-corrected chi connectivity index (χ3v) is 4.21. The number of para-hydroxylation sites is 1. The van der Waals surface area contributed by atoms with Gasteiger partial charge in [0.1, 0.15) is 0 Å². The molecule has 0 aliphatic carbocycles. The lowest BCUT2D eigenvalue weighted by Gasteiger charge is -2.33. The van der Waals surface area contributed by atoms with Gasteiger partial charge in [-0.1, -0.05) is 44.9 Å². The Morgan fingerprint density at radius 1 is 1.16 bits per heavy atom. The van der Waals surface area contributed by atoms with E-state index in [2.05, 4.69) is 48.3 Å². The Bertz CT molecular complexity index is 375. The Morgan fingerprint density at radius 2 is 2.00 bits per heavy atom. The fraction of sp³-hybridized carbons (Fsp3) is 0.647. The molecule has 0 spiro atoms. The quantitative estimate of drug-likeness (QED) is 0.862. The second-order valence-electron chi connectivity index (χ2n) is 5.51. The molecule has 1 unspecified atom stereocenters. The van der Waals surface area contributed by atoms with Crippen molar-refractivity contribution in [3.63, 3.8) is 0 Å². The molecule has 19 heavy (non-hydrogen) atoms. The Kier molecular flexibility index (Phi) is 5.71. The largest absolute Gasteiger partial charge is 0.368 e. The van der Waals surface area contributed by atoms with Gasteiger partial charge in [0.15, 0.2) is 0 Å². The third-order valence-electron chi connectivity index (χ3n) is 4.21. The first-order valence-electron chi connectivity index (χ1n) is 7.92. The minimum absolute atomic E-state index is 0.727. The highest BCUT2D eigenvalue weighted by atomic mass is 15.2. The molecule has 1 fully saturated rings. The van der Waals surface area contributed by atoms with Crippen molar-refractivity contribution in [1.82, 2.24) is 5.32 Å². The number of anilines is 1. The zero-order valence-corrected chi connectivity index (χ0v) is 12.5. The van der Waals surface area contributed by atoms with E-state index in [1.54, 1.807) is 0 Å². The summed E-state index contributed by atoms with van der Waals surface area (Å²) in [6.07, 6.45) is 6.74. The monoisotopic (exact) mass is 260 g/mol. The lowest BCUT2D eigenvalue weighted by Crippen LogP contribution is -2.35. The van der Waals surface area contributed by atoms with E-state index < -0.39 is 0 Å². The third kappa shape index (κ3) is 3.73. The van der Waals surface area contributed by atoms with Crippen LogP contribution in [0.1, 0.15) is 51.5 Å². The van der Waals surface area contributed by atoms with Crippen molar-refractivity contribution in [3.05, 3.63) is 29.8 Å². The maximum absolute atomic E-state index is 3.47. The maximum atomic E-state index is 3.47. The standard InChI is InChI=1S/C17H28N2/c1-3-16-11-6-5-9-13-19(16)17-12-8-7-10-15(17)14-18-4-2/h7-8,10,12,16,18H,3-6,9,11,13-14H2,1-2H3. The Hall–Kier alpha value is -1.02. The molecule has 2 heteroatoms. The summed E-state index contributed by atoms with van der Waals surface area (Å²) >= 11 is 0. The van der Waals surface area contributed by atoms with Crippen LogP contribution in [0, 0.1) is 0 Å². The van der Waals surface area contributed by atoms with Gasteiger partial charge < -0.3 is 10.2 Å². The first kappa shape index (κ1) is 14.4. The van der Waals surface area contributed by atoms with Crippen molar-refractivity contribution >= 4 is 5.69 Å². The highest BCUT2D eigenvalue weighted by molar-refractivity contribution is 5.54. The molecule has 1 aromatic carbocycles. The van der Waals surface area contributed by atoms with E-state index in [-0.39, 0.29) is 0 Å². The Balaban J connectivity index is 2.21. The number of nitrogens with one attached hydrogen (secondary N) is 1.